The van der Waals surface area contributed by atoms with E-state index < -0.39 is 0 Å². The monoisotopic (exact) mass is 434 g/mol. The van der Waals surface area contributed by atoms with Crippen LogP contribution in [0.3, 0.4) is 0 Å². The maximum Gasteiger partial charge on any atom is 0.258 e. The Morgan fingerprint density at radius 2 is 2.14 bits per heavy atom. The highest BCUT2D eigenvalue weighted by Gasteiger charge is 2.10. The second-order valence-electron chi connectivity index (χ2n) is 6.06. The Balaban J connectivity index is 1.63. The number of nitrogens with one attached hydrogen (secondary N) is 1. The number of fused-ring (bicyclic) bond motifs is 1. The van der Waals surface area contributed by atoms with Gasteiger partial charge in [0.25, 0.3) is 5.91 Å². The number of aryl methyl sites for hydroxylation is 2. The van der Waals surface area contributed by atoms with Gasteiger partial charge in [-0.3, -0.25) is 9.59 Å². The van der Waals surface area contributed by atoms with Crippen molar-refractivity contribution in [1.82, 2.24) is 9.72 Å². The molecule has 2 heterocycles. The molecule has 0 unspecified atom stereocenters. The molecular formula is C19H22N4O4S2. The zero-order valence-corrected chi connectivity index (χ0v) is 18.1. The molecule has 2 amide bonds. The number of thioether (sulfide) groups is 1. The number of aromatic nitrogens is 2. The first-order valence-corrected chi connectivity index (χ1v) is 11.1. The molecule has 2 aromatic heterocycles. The SMILES string of the molecule is CCOc1ccc2c(c1)sc(=NC(=O)CSCC(=O)Nc1cc(C)on1)n2CC. The van der Waals surface area contributed by atoms with Crippen molar-refractivity contribution in [3.05, 3.63) is 34.8 Å². The molecule has 0 atom stereocenters. The van der Waals surface area contributed by atoms with Crippen LogP contribution in [-0.2, 0) is 16.1 Å². The maximum atomic E-state index is 12.3. The number of nitrogens with zero attached hydrogens (tertiary/aromatic N) is 3. The van der Waals surface area contributed by atoms with Crippen LogP contribution in [0.25, 0.3) is 10.2 Å². The van der Waals surface area contributed by atoms with Gasteiger partial charge < -0.3 is 19.1 Å². The number of carbonyl (C=O) groups excluding carboxylic acids is 2. The zero-order valence-electron chi connectivity index (χ0n) is 16.4. The highest BCUT2D eigenvalue weighted by molar-refractivity contribution is 8.00. The first-order valence-electron chi connectivity index (χ1n) is 9.14. The summed E-state index contributed by atoms with van der Waals surface area (Å²) >= 11 is 2.65. The number of amides is 2. The number of rotatable bonds is 8. The molecule has 0 spiro atoms. The van der Waals surface area contributed by atoms with Crippen LogP contribution >= 0.6 is 23.1 Å². The van der Waals surface area contributed by atoms with Crippen molar-refractivity contribution < 1.29 is 18.8 Å². The Bertz CT molecular complexity index is 1080. The van der Waals surface area contributed by atoms with E-state index in [0.717, 1.165) is 16.0 Å². The number of carbonyl (C=O) groups is 2. The van der Waals surface area contributed by atoms with Gasteiger partial charge in [-0.1, -0.05) is 16.5 Å². The fourth-order valence-electron chi connectivity index (χ4n) is 2.68. The average molecular weight is 435 g/mol. The third-order valence-electron chi connectivity index (χ3n) is 3.86. The molecule has 0 saturated carbocycles. The van der Waals surface area contributed by atoms with E-state index in [2.05, 4.69) is 15.5 Å². The molecule has 0 saturated heterocycles. The quantitative estimate of drug-likeness (QED) is 0.584. The van der Waals surface area contributed by atoms with Crippen LogP contribution in [0.5, 0.6) is 5.75 Å². The molecule has 0 aliphatic heterocycles. The first kappa shape index (κ1) is 21.1. The topological polar surface area (TPSA) is 98.7 Å². The molecule has 29 heavy (non-hydrogen) atoms. The normalized spacial score (nSPS) is 11.8. The number of thiazole rings is 1. The van der Waals surface area contributed by atoms with Crippen molar-refractivity contribution >= 4 is 50.9 Å². The summed E-state index contributed by atoms with van der Waals surface area (Å²) in [5.41, 5.74) is 1.02. The van der Waals surface area contributed by atoms with E-state index in [4.69, 9.17) is 9.26 Å². The molecule has 3 aromatic rings. The zero-order chi connectivity index (χ0) is 20.8. The molecule has 0 fully saturated rings. The second kappa shape index (κ2) is 9.75. The van der Waals surface area contributed by atoms with E-state index in [1.54, 1.807) is 13.0 Å². The molecule has 8 nitrogen and oxygen atoms in total. The van der Waals surface area contributed by atoms with Gasteiger partial charge in [-0.25, -0.2) is 0 Å². The Labute approximate surface area is 175 Å². The van der Waals surface area contributed by atoms with E-state index in [-0.39, 0.29) is 23.3 Å². The van der Waals surface area contributed by atoms with E-state index in [1.807, 2.05) is 36.6 Å². The number of benzene rings is 1. The van der Waals surface area contributed by atoms with E-state index in [9.17, 15) is 9.59 Å². The lowest BCUT2D eigenvalue weighted by atomic mass is 10.3. The summed E-state index contributed by atoms with van der Waals surface area (Å²) in [7, 11) is 0. The predicted octanol–water partition coefficient (Wildman–Crippen LogP) is 3.22. The first-order chi connectivity index (χ1) is 14.0. The lowest BCUT2D eigenvalue weighted by molar-refractivity contribution is -0.115. The molecule has 0 radical (unpaired) electrons. The Morgan fingerprint density at radius 3 is 2.83 bits per heavy atom. The Morgan fingerprint density at radius 1 is 1.31 bits per heavy atom. The Kier molecular flexibility index (Phi) is 7.10. The number of hydrogen-bond acceptors (Lipinski definition) is 7. The van der Waals surface area contributed by atoms with Gasteiger partial charge in [0.1, 0.15) is 11.5 Å². The fourth-order valence-corrected chi connectivity index (χ4v) is 4.41. The Hall–Kier alpha value is -2.59. The lowest BCUT2D eigenvalue weighted by Crippen LogP contribution is -2.18. The van der Waals surface area contributed by atoms with Gasteiger partial charge in [0.05, 0.1) is 28.3 Å². The summed E-state index contributed by atoms with van der Waals surface area (Å²) in [5, 5.41) is 6.32. The third kappa shape index (κ3) is 5.48. The molecule has 3 rings (SSSR count). The molecule has 0 aliphatic rings. The van der Waals surface area contributed by atoms with Crippen LogP contribution in [-0.4, -0.2) is 39.7 Å². The maximum absolute atomic E-state index is 12.3. The minimum atomic E-state index is -0.279. The molecule has 0 aliphatic carbocycles. The van der Waals surface area contributed by atoms with Crippen LogP contribution in [0.4, 0.5) is 5.82 Å². The number of ether oxygens (including phenoxy) is 1. The molecule has 0 bridgehead atoms. The van der Waals surface area contributed by atoms with Crippen LogP contribution in [0.2, 0.25) is 0 Å². The second-order valence-corrected chi connectivity index (χ2v) is 8.06. The van der Waals surface area contributed by atoms with Crippen LogP contribution in [0.1, 0.15) is 19.6 Å². The van der Waals surface area contributed by atoms with Gasteiger partial charge in [0, 0.05) is 12.6 Å². The highest BCUT2D eigenvalue weighted by atomic mass is 32.2. The lowest BCUT2D eigenvalue weighted by Gasteiger charge is -2.03. The van der Waals surface area contributed by atoms with Gasteiger partial charge in [-0.05, 0) is 39.0 Å². The van der Waals surface area contributed by atoms with Crippen molar-refractivity contribution in [2.24, 2.45) is 4.99 Å². The summed E-state index contributed by atoms with van der Waals surface area (Å²) in [4.78, 5) is 29.1. The van der Waals surface area contributed by atoms with Crippen LogP contribution < -0.4 is 14.9 Å². The van der Waals surface area contributed by atoms with Gasteiger partial charge >= 0.3 is 0 Å². The minimum absolute atomic E-state index is 0.118. The largest absolute Gasteiger partial charge is 0.494 e. The van der Waals surface area contributed by atoms with Crippen LogP contribution in [0.15, 0.2) is 33.8 Å². The smallest absolute Gasteiger partial charge is 0.258 e. The van der Waals surface area contributed by atoms with E-state index in [0.29, 0.717) is 29.5 Å². The van der Waals surface area contributed by atoms with Crippen LogP contribution in [0, 0.1) is 6.92 Å². The van der Waals surface area contributed by atoms with Crippen molar-refractivity contribution in [3.63, 3.8) is 0 Å². The molecular weight excluding hydrogens is 412 g/mol. The van der Waals surface area contributed by atoms with Crippen molar-refractivity contribution in [3.8, 4) is 5.75 Å². The molecule has 154 valence electrons. The van der Waals surface area contributed by atoms with Gasteiger partial charge in [0.2, 0.25) is 5.91 Å². The third-order valence-corrected chi connectivity index (χ3v) is 5.81. The summed E-state index contributed by atoms with van der Waals surface area (Å²) in [6.07, 6.45) is 0. The van der Waals surface area contributed by atoms with Gasteiger partial charge in [-0.15, -0.1) is 11.8 Å². The minimum Gasteiger partial charge on any atom is -0.494 e. The molecule has 1 aromatic carbocycles. The van der Waals surface area contributed by atoms with E-state index >= 15 is 0 Å². The standard InChI is InChI=1S/C19H22N4O4S2/c1-4-23-14-7-6-13(26-5-2)9-15(14)29-19(23)21-18(25)11-28-10-17(24)20-16-8-12(3)27-22-16/h6-9H,4-5,10-11H2,1-3H3,(H,20,22,24). The summed E-state index contributed by atoms with van der Waals surface area (Å²) < 4.78 is 13.4. The fraction of sp³-hybridized carbons (Fsp3) is 0.368. The molecule has 10 heteroatoms. The summed E-state index contributed by atoms with van der Waals surface area (Å²) in [6, 6.07) is 7.49. The van der Waals surface area contributed by atoms with Crippen molar-refractivity contribution in [2.75, 3.05) is 23.4 Å². The number of hydrogen-bond donors (Lipinski definition) is 1. The predicted molar refractivity (Wildman–Crippen MR) is 114 cm³/mol. The summed E-state index contributed by atoms with van der Waals surface area (Å²) in [5.74, 6) is 1.50. The van der Waals surface area contributed by atoms with Crippen molar-refractivity contribution in [1.29, 1.82) is 0 Å². The molecule has 1 N–H and O–H groups in total. The van der Waals surface area contributed by atoms with Gasteiger partial charge in [0.15, 0.2) is 10.6 Å². The highest BCUT2D eigenvalue weighted by Crippen LogP contribution is 2.23. The van der Waals surface area contributed by atoms with Gasteiger partial charge in [-0.2, -0.15) is 4.99 Å². The summed E-state index contributed by atoms with van der Waals surface area (Å²) in [6.45, 7) is 6.99. The number of anilines is 1. The van der Waals surface area contributed by atoms with Crippen molar-refractivity contribution in [2.45, 2.75) is 27.3 Å². The average Bonchev–Trinajstić information content (AvgIpc) is 3.23. The van der Waals surface area contributed by atoms with E-state index in [1.165, 1.54) is 23.1 Å².